The second-order valence-electron chi connectivity index (χ2n) is 13.6. The molecule has 4 aromatic carbocycles. The molecule has 0 radical (unpaired) electrons. The Hall–Kier alpha value is -3.26. The Morgan fingerprint density at radius 2 is 1.22 bits per heavy atom. The highest BCUT2D eigenvalue weighted by molar-refractivity contribution is 6.98. The van der Waals surface area contributed by atoms with Crippen LogP contribution in [-0.4, -0.2) is 6.71 Å². The summed E-state index contributed by atoms with van der Waals surface area (Å²) in [7, 11) is 0. The van der Waals surface area contributed by atoms with Crippen LogP contribution in [-0.2, 0) is 16.2 Å². The number of hydrogen-bond donors (Lipinski definition) is 0. The van der Waals surface area contributed by atoms with Crippen molar-refractivity contribution in [2.45, 2.75) is 71.6 Å². The van der Waals surface area contributed by atoms with Crippen LogP contribution in [0.5, 0.6) is 0 Å². The first-order valence-corrected chi connectivity index (χ1v) is 13.7. The monoisotopic (exact) mass is 483 g/mol. The highest BCUT2D eigenvalue weighted by Gasteiger charge is 2.45. The fourth-order valence-corrected chi connectivity index (χ4v) is 6.38. The third kappa shape index (κ3) is 3.60. The van der Waals surface area contributed by atoms with Crippen molar-refractivity contribution in [3.8, 4) is 0 Å². The Bertz CT molecular complexity index is 1520. The Kier molecular flexibility index (Phi) is 5.13. The number of nitrogens with zero attached hydrogens (tertiary/aromatic N) is 1. The van der Waals surface area contributed by atoms with Crippen LogP contribution in [0.2, 0.25) is 0 Å². The minimum absolute atomic E-state index is 0.0537. The maximum absolute atomic E-state index is 2.57. The van der Waals surface area contributed by atoms with Gasteiger partial charge in [-0.15, -0.1) is 0 Å². The molecule has 0 aromatic heterocycles. The van der Waals surface area contributed by atoms with E-state index >= 15 is 0 Å². The van der Waals surface area contributed by atoms with Crippen molar-refractivity contribution < 1.29 is 0 Å². The van der Waals surface area contributed by atoms with Crippen LogP contribution in [0.15, 0.2) is 84.9 Å². The Morgan fingerprint density at radius 1 is 0.595 bits per heavy atom. The van der Waals surface area contributed by atoms with Gasteiger partial charge in [0.15, 0.2) is 0 Å². The lowest BCUT2D eigenvalue weighted by atomic mass is 9.34. The van der Waals surface area contributed by atoms with E-state index in [-0.39, 0.29) is 23.0 Å². The number of anilines is 3. The Balaban J connectivity index is 1.78. The second-order valence-corrected chi connectivity index (χ2v) is 13.6. The molecule has 2 heteroatoms. The average molecular weight is 484 g/mol. The zero-order chi connectivity index (χ0) is 26.3. The first kappa shape index (κ1) is 24.1. The van der Waals surface area contributed by atoms with Crippen LogP contribution in [0, 0.1) is 0 Å². The van der Waals surface area contributed by atoms with Gasteiger partial charge in [0.1, 0.15) is 0 Å². The SMILES string of the molecule is CC(C)(C)c1ccc2c(c1)B(c1ccccc1)c1cc(C(C)(C)C)cc3c1N2c1ccccc1C3(C)C. The molecule has 2 aliphatic heterocycles. The molecular formula is C35H38BN. The number of rotatable bonds is 1. The molecule has 37 heavy (non-hydrogen) atoms. The van der Waals surface area contributed by atoms with Crippen molar-refractivity contribution in [3.05, 3.63) is 107 Å². The van der Waals surface area contributed by atoms with Gasteiger partial charge in [0, 0.05) is 16.8 Å². The van der Waals surface area contributed by atoms with Crippen LogP contribution in [0.25, 0.3) is 0 Å². The number of fused-ring (bicyclic) bond motifs is 4. The van der Waals surface area contributed by atoms with Crippen LogP contribution in [0.3, 0.4) is 0 Å². The first-order chi connectivity index (χ1) is 17.4. The minimum atomic E-state index is -0.0947. The molecule has 0 fully saturated rings. The predicted molar refractivity (Wildman–Crippen MR) is 162 cm³/mol. The zero-order valence-corrected chi connectivity index (χ0v) is 23.6. The highest BCUT2D eigenvalue weighted by Crippen LogP contribution is 2.53. The van der Waals surface area contributed by atoms with E-state index in [2.05, 4.69) is 145 Å². The van der Waals surface area contributed by atoms with E-state index in [0.29, 0.717) is 0 Å². The van der Waals surface area contributed by atoms with Gasteiger partial charge in [0.2, 0.25) is 6.71 Å². The summed E-state index contributed by atoms with van der Waals surface area (Å²) in [6.45, 7) is 19.0. The van der Waals surface area contributed by atoms with Gasteiger partial charge in [0.25, 0.3) is 0 Å². The second kappa shape index (κ2) is 7.87. The first-order valence-electron chi connectivity index (χ1n) is 13.7. The normalized spacial score (nSPS) is 15.7. The van der Waals surface area contributed by atoms with Gasteiger partial charge >= 0.3 is 0 Å². The summed E-state index contributed by atoms with van der Waals surface area (Å²) in [6, 6.07) is 32.4. The molecule has 6 rings (SSSR count). The van der Waals surface area contributed by atoms with Crippen molar-refractivity contribution in [2.75, 3.05) is 4.90 Å². The number of para-hydroxylation sites is 1. The van der Waals surface area contributed by atoms with E-state index in [1.165, 1.54) is 55.7 Å². The molecule has 0 aliphatic carbocycles. The van der Waals surface area contributed by atoms with Gasteiger partial charge in [-0.2, -0.15) is 0 Å². The molecule has 2 heterocycles. The van der Waals surface area contributed by atoms with E-state index in [1.807, 2.05) is 0 Å². The standard InChI is InChI=1S/C35H38BN/c1-33(2,3)23-18-19-31-28(21-23)36(25-14-10-9-11-15-25)29-22-24(34(4,5)6)20-27-32(29)37(31)30-17-13-12-16-26(30)35(27,7)8/h9-22H,1-8H3. The molecule has 0 N–H and O–H groups in total. The van der Waals surface area contributed by atoms with Crippen LogP contribution in [0.4, 0.5) is 17.1 Å². The fraction of sp³-hybridized carbons (Fsp3) is 0.314. The Labute approximate surface area is 223 Å². The van der Waals surface area contributed by atoms with E-state index in [4.69, 9.17) is 0 Å². The summed E-state index contributed by atoms with van der Waals surface area (Å²) in [5.74, 6) is 0. The summed E-state index contributed by atoms with van der Waals surface area (Å²) >= 11 is 0. The molecule has 4 aromatic rings. The summed E-state index contributed by atoms with van der Waals surface area (Å²) in [6.07, 6.45) is 0. The Morgan fingerprint density at radius 3 is 1.89 bits per heavy atom. The molecule has 0 saturated heterocycles. The van der Waals surface area contributed by atoms with Crippen LogP contribution in [0.1, 0.15) is 77.6 Å². The van der Waals surface area contributed by atoms with Gasteiger partial charge in [-0.25, -0.2) is 0 Å². The summed E-state index contributed by atoms with van der Waals surface area (Å²) in [4.78, 5) is 2.57. The molecule has 0 spiro atoms. The molecule has 0 amide bonds. The minimum Gasteiger partial charge on any atom is -0.311 e. The largest absolute Gasteiger partial charge is 0.311 e. The molecule has 0 atom stereocenters. The van der Waals surface area contributed by atoms with Crippen molar-refractivity contribution >= 4 is 40.2 Å². The third-order valence-electron chi connectivity index (χ3n) is 8.61. The molecule has 0 bridgehead atoms. The van der Waals surface area contributed by atoms with Crippen molar-refractivity contribution in [3.63, 3.8) is 0 Å². The summed E-state index contributed by atoms with van der Waals surface area (Å²) < 4.78 is 0. The smallest absolute Gasteiger partial charge is 0.246 e. The average Bonchev–Trinajstić information content (AvgIpc) is 2.85. The highest BCUT2D eigenvalue weighted by atomic mass is 15.2. The third-order valence-corrected chi connectivity index (χ3v) is 8.61. The molecule has 0 unspecified atom stereocenters. The molecule has 1 nitrogen and oxygen atoms in total. The molecular weight excluding hydrogens is 445 g/mol. The quantitative estimate of drug-likeness (QED) is 0.228. The van der Waals surface area contributed by atoms with Crippen molar-refractivity contribution in [1.29, 1.82) is 0 Å². The van der Waals surface area contributed by atoms with Crippen molar-refractivity contribution in [2.24, 2.45) is 0 Å². The fourth-order valence-electron chi connectivity index (χ4n) is 6.38. The topological polar surface area (TPSA) is 3.24 Å². The lowest BCUT2D eigenvalue weighted by Crippen LogP contribution is -2.59. The van der Waals surface area contributed by atoms with Crippen LogP contribution >= 0.6 is 0 Å². The van der Waals surface area contributed by atoms with Gasteiger partial charge in [0.05, 0.1) is 5.69 Å². The van der Waals surface area contributed by atoms with E-state index in [0.717, 1.165) is 0 Å². The van der Waals surface area contributed by atoms with Gasteiger partial charge < -0.3 is 4.90 Å². The van der Waals surface area contributed by atoms with Gasteiger partial charge in [-0.05, 0) is 56.1 Å². The van der Waals surface area contributed by atoms with Gasteiger partial charge in [-0.3, -0.25) is 0 Å². The van der Waals surface area contributed by atoms with E-state index in [1.54, 1.807) is 0 Å². The van der Waals surface area contributed by atoms with E-state index in [9.17, 15) is 0 Å². The van der Waals surface area contributed by atoms with E-state index < -0.39 is 0 Å². The maximum atomic E-state index is 2.57. The number of benzene rings is 4. The molecule has 2 aliphatic rings. The molecule has 0 saturated carbocycles. The van der Waals surface area contributed by atoms with Crippen molar-refractivity contribution in [1.82, 2.24) is 0 Å². The zero-order valence-electron chi connectivity index (χ0n) is 23.6. The van der Waals surface area contributed by atoms with Crippen LogP contribution < -0.4 is 21.3 Å². The summed E-state index contributed by atoms with van der Waals surface area (Å²) in [5, 5.41) is 0. The maximum Gasteiger partial charge on any atom is 0.246 e. The molecule has 186 valence electrons. The lowest BCUT2D eigenvalue weighted by molar-refractivity contribution is 0.581. The summed E-state index contributed by atoms with van der Waals surface area (Å²) in [5.41, 5.74) is 13.8. The lowest BCUT2D eigenvalue weighted by Gasteiger charge is -2.48. The van der Waals surface area contributed by atoms with Gasteiger partial charge in [-0.1, -0.05) is 134 Å². The predicted octanol–water partition coefficient (Wildman–Crippen LogP) is 7.22. The number of hydrogen-bond acceptors (Lipinski definition) is 1.